The zero-order chi connectivity index (χ0) is 17.9. The van der Waals surface area contributed by atoms with Gasteiger partial charge in [0.1, 0.15) is 0 Å². The van der Waals surface area contributed by atoms with E-state index in [1.54, 1.807) is 4.90 Å². The first-order valence-corrected chi connectivity index (χ1v) is 8.67. The monoisotopic (exact) mass is 333 g/mol. The van der Waals surface area contributed by atoms with Gasteiger partial charge in [0.05, 0.1) is 12.1 Å². The number of aryl methyl sites for hydroxylation is 3. The van der Waals surface area contributed by atoms with Crippen LogP contribution in [0.25, 0.3) is 0 Å². The first kappa shape index (κ1) is 18.7. The van der Waals surface area contributed by atoms with Crippen molar-refractivity contribution in [1.29, 1.82) is 0 Å². The van der Waals surface area contributed by atoms with Gasteiger partial charge in [0, 0.05) is 19.6 Å². The predicted octanol–water partition coefficient (Wildman–Crippen LogP) is 2.21. The summed E-state index contributed by atoms with van der Waals surface area (Å²) >= 11 is 0. The molecule has 1 heterocycles. The Kier molecular flexibility index (Phi) is 5.88. The lowest BCUT2D eigenvalue weighted by Crippen LogP contribution is -2.56. The minimum atomic E-state index is -0.811. The normalized spacial score (nSPS) is 21.2. The van der Waals surface area contributed by atoms with Crippen LogP contribution in [0.1, 0.15) is 35.1 Å². The van der Waals surface area contributed by atoms with Crippen molar-refractivity contribution >= 4 is 6.03 Å². The van der Waals surface area contributed by atoms with Crippen molar-refractivity contribution in [2.75, 3.05) is 33.7 Å². The van der Waals surface area contributed by atoms with Crippen molar-refractivity contribution in [1.82, 2.24) is 15.1 Å². The number of nitrogens with one attached hydrogen (secondary N) is 1. The number of carbonyl (C=O) groups is 1. The van der Waals surface area contributed by atoms with Gasteiger partial charge in [-0.3, -0.25) is 0 Å². The molecule has 0 saturated carbocycles. The number of nitrogens with zero attached hydrogens (tertiary/aromatic N) is 2. The summed E-state index contributed by atoms with van der Waals surface area (Å²) in [5, 5.41) is 13.7. The van der Waals surface area contributed by atoms with E-state index < -0.39 is 5.60 Å². The Bertz CT molecular complexity index is 577. The molecule has 1 aliphatic rings. The Morgan fingerprint density at radius 1 is 1.29 bits per heavy atom. The molecule has 2 rings (SSSR count). The summed E-state index contributed by atoms with van der Waals surface area (Å²) in [6.45, 7) is 8.45. The molecule has 5 heteroatoms. The van der Waals surface area contributed by atoms with Gasteiger partial charge in [-0.15, -0.1) is 0 Å². The lowest BCUT2D eigenvalue weighted by atomic mass is 9.92. The smallest absolute Gasteiger partial charge is 0.317 e. The second-order valence-corrected chi connectivity index (χ2v) is 7.52. The molecular formula is C19H31N3O2. The van der Waals surface area contributed by atoms with Crippen molar-refractivity contribution in [3.63, 3.8) is 0 Å². The van der Waals surface area contributed by atoms with Crippen LogP contribution in [-0.2, 0) is 6.54 Å². The van der Waals surface area contributed by atoms with Crippen LogP contribution in [0, 0.1) is 20.8 Å². The fourth-order valence-corrected chi connectivity index (χ4v) is 3.77. The number of amides is 2. The standard InChI is InChI=1S/C19H31N3O2/c1-14-9-15(2)17(16(3)10-14)11-20-18(23)22-8-6-7-19(24,13-22)12-21(4)5/h9-10,24H,6-8,11-13H2,1-5H3,(H,20,23)/t19-/m1/s1. The minimum absolute atomic E-state index is 0.0914. The molecule has 0 unspecified atom stereocenters. The fourth-order valence-electron chi connectivity index (χ4n) is 3.77. The topological polar surface area (TPSA) is 55.8 Å². The molecule has 2 N–H and O–H groups in total. The van der Waals surface area contributed by atoms with Crippen LogP contribution < -0.4 is 5.32 Å². The predicted molar refractivity (Wildman–Crippen MR) is 97.2 cm³/mol. The van der Waals surface area contributed by atoms with E-state index in [2.05, 4.69) is 38.2 Å². The average molecular weight is 333 g/mol. The van der Waals surface area contributed by atoms with Crippen molar-refractivity contribution in [3.05, 3.63) is 34.4 Å². The van der Waals surface area contributed by atoms with Crippen LogP contribution in [0.15, 0.2) is 12.1 Å². The van der Waals surface area contributed by atoms with E-state index in [1.165, 1.54) is 22.3 Å². The molecule has 5 nitrogen and oxygen atoms in total. The number of hydrogen-bond acceptors (Lipinski definition) is 3. The van der Waals surface area contributed by atoms with Gasteiger partial charge in [0.15, 0.2) is 0 Å². The SMILES string of the molecule is Cc1cc(C)c(CNC(=O)N2CCC[C@@](O)(CN(C)C)C2)c(C)c1. The highest BCUT2D eigenvalue weighted by Gasteiger charge is 2.35. The van der Waals surface area contributed by atoms with E-state index >= 15 is 0 Å². The van der Waals surface area contributed by atoms with Crippen LogP contribution in [0.3, 0.4) is 0 Å². The molecule has 2 amide bonds. The first-order valence-electron chi connectivity index (χ1n) is 8.67. The van der Waals surface area contributed by atoms with E-state index in [0.717, 1.165) is 12.8 Å². The Morgan fingerprint density at radius 2 is 1.92 bits per heavy atom. The summed E-state index contributed by atoms with van der Waals surface area (Å²) < 4.78 is 0. The highest BCUT2D eigenvalue weighted by molar-refractivity contribution is 5.74. The maximum Gasteiger partial charge on any atom is 0.317 e. The molecule has 1 aromatic rings. The molecule has 1 fully saturated rings. The van der Waals surface area contributed by atoms with Crippen LogP contribution in [-0.4, -0.2) is 60.3 Å². The maximum atomic E-state index is 12.5. The highest BCUT2D eigenvalue weighted by Crippen LogP contribution is 2.22. The second kappa shape index (κ2) is 7.53. The zero-order valence-electron chi connectivity index (χ0n) is 15.6. The lowest BCUT2D eigenvalue weighted by molar-refractivity contribution is -0.0347. The third-order valence-electron chi connectivity index (χ3n) is 4.71. The van der Waals surface area contributed by atoms with E-state index in [4.69, 9.17) is 0 Å². The summed E-state index contributed by atoms with van der Waals surface area (Å²) in [6, 6.07) is 4.20. The number of hydrogen-bond donors (Lipinski definition) is 2. The molecule has 0 bridgehead atoms. The van der Waals surface area contributed by atoms with Crippen molar-refractivity contribution in [3.8, 4) is 0 Å². The van der Waals surface area contributed by atoms with Gasteiger partial charge >= 0.3 is 6.03 Å². The number of benzene rings is 1. The molecule has 1 aliphatic heterocycles. The third kappa shape index (κ3) is 4.71. The van der Waals surface area contributed by atoms with E-state index in [1.807, 2.05) is 19.0 Å². The van der Waals surface area contributed by atoms with Gasteiger partial charge in [-0.2, -0.15) is 0 Å². The number of rotatable bonds is 4. The maximum absolute atomic E-state index is 12.5. The minimum Gasteiger partial charge on any atom is -0.387 e. The molecule has 24 heavy (non-hydrogen) atoms. The molecule has 1 atom stereocenters. The molecule has 0 aliphatic carbocycles. The Balaban J connectivity index is 1.98. The zero-order valence-corrected chi connectivity index (χ0v) is 15.6. The first-order chi connectivity index (χ1) is 11.2. The second-order valence-electron chi connectivity index (χ2n) is 7.52. The molecular weight excluding hydrogens is 302 g/mol. The Morgan fingerprint density at radius 3 is 2.50 bits per heavy atom. The lowest BCUT2D eigenvalue weighted by Gasteiger charge is -2.40. The average Bonchev–Trinajstić information content (AvgIpc) is 2.44. The van der Waals surface area contributed by atoms with E-state index in [0.29, 0.717) is 26.2 Å². The number of β-amino-alcohol motifs (C(OH)–C–C–N with tert-alkyl or cyclic N) is 1. The molecule has 0 spiro atoms. The van der Waals surface area contributed by atoms with Crippen molar-refractivity contribution < 1.29 is 9.90 Å². The van der Waals surface area contributed by atoms with E-state index in [-0.39, 0.29) is 6.03 Å². The van der Waals surface area contributed by atoms with Gasteiger partial charge in [-0.1, -0.05) is 17.7 Å². The number of likely N-dealkylation sites (N-methyl/N-ethyl adjacent to an activating group) is 1. The van der Waals surface area contributed by atoms with Gasteiger partial charge in [0.25, 0.3) is 0 Å². The van der Waals surface area contributed by atoms with Crippen molar-refractivity contribution in [2.45, 2.75) is 45.8 Å². The molecule has 0 aromatic heterocycles. The van der Waals surface area contributed by atoms with Gasteiger partial charge < -0.3 is 20.2 Å². The Hall–Kier alpha value is -1.59. The molecule has 134 valence electrons. The Labute approximate surface area is 145 Å². The largest absolute Gasteiger partial charge is 0.387 e. The number of likely N-dealkylation sites (tertiary alicyclic amines) is 1. The molecule has 1 saturated heterocycles. The van der Waals surface area contributed by atoms with E-state index in [9.17, 15) is 9.90 Å². The fraction of sp³-hybridized carbons (Fsp3) is 0.632. The van der Waals surface area contributed by atoms with Gasteiger partial charge in [-0.05, 0) is 64.4 Å². The number of aliphatic hydroxyl groups is 1. The number of carbonyl (C=O) groups excluding carboxylic acids is 1. The molecule has 1 aromatic carbocycles. The van der Waals surface area contributed by atoms with Gasteiger partial charge in [-0.25, -0.2) is 4.79 Å². The number of piperidine rings is 1. The molecule has 0 radical (unpaired) electrons. The summed E-state index contributed by atoms with van der Waals surface area (Å²) in [6.07, 6.45) is 1.57. The summed E-state index contributed by atoms with van der Waals surface area (Å²) in [5.41, 5.74) is 4.01. The summed E-state index contributed by atoms with van der Waals surface area (Å²) in [5.74, 6) is 0. The highest BCUT2D eigenvalue weighted by atomic mass is 16.3. The van der Waals surface area contributed by atoms with Crippen LogP contribution >= 0.6 is 0 Å². The van der Waals surface area contributed by atoms with Gasteiger partial charge in [0.2, 0.25) is 0 Å². The summed E-state index contributed by atoms with van der Waals surface area (Å²) in [4.78, 5) is 16.2. The van der Waals surface area contributed by atoms with Crippen molar-refractivity contribution in [2.24, 2.45) is 0 Å². The van der Waals surface area contributed by atoms with Crippen LogP contribution in [0.2, 0.25) is 0 Å². The number of urea groups is 1. The summed E-state index contributed by atoms with van der Waals surface area (Å²) in [7, 11) is 3.89. The third-order valence-corrected chi connectivity index (χ3v) is 4.71. The van der Waals surface area contributed by atoms with Crippen LogP contribution in [0.4, 0.5) is 4.79 Å². The van der Waals surface area contributed by atoms with Crippen LogP contribution in [0.5, 0.6) is 0 Å². The quantitative estimate of drug-likeness (QED) is 0.888.